The van der Waals surface area contributed by atoms with Crippen molar-refractivity contribution >= 4 is 22.6 Å². The molecular formula is C13H18INO. The highest BCUT2D eigenvalue weighted by Gasteiger charge is 2.11. The average molecular weight is 331 g/mol. The molecule has 0 amide bonds. The van der Waals surface area contributed by atoms with Crippen molar-refractivity contribution in [3.05, 3.63) is 27.8 Å². The number of halogens is 1. The lowest BCUT2D eigenvalue weighted by atomic mass is 10.0. The summed E-state index contributed by atoms with van der Waals surface area (Å²) in [7, 11) is 0. The zero-order chi connectivity index (χ0) is 11.2. The first kappa shape index (κ1) is 12.2. The molecule has 1 aliphatic rings. The van der Waals surface area contributed by atoms with Crippen LogP contribution in [0, 0.1) is 3.57 Å². The third-order valence-electron chi connectivity index (χ3n) is 2.94. The Morgan fingerprint density at radius 1 is 1.38 bits per heavy atom. The first-order chi connectivity index (χ1) is 7.84. The van der Waals surface area contributed by atoms with Crippen LogP contribution < -0.4 is 10.1 Å². The topological polar surface area (TPSA) is 21.3 Å². The highest BCUT2D eigenvalue weighted by molar-refractivity contribution is 14.1. The molecule has 1 aliphatic heterocycles. The summed E-state index contributed by atoms with van der Waals surface area (Å²) < 4.78 is 6.97. The van der Waals surface area contributed by atoms with E-state index in [-0.39, 0.29) is 0 Å². The minimum absolute atomic E-state index is 0.663. The summed E-state index contributed by atoms with van der Waals surface area (Å²) in [5.74, 6) is 0.989. The predicted molar refractivity (Wildman–Crippen MR) is 74.9 cm³/mol. The molecular weight excluding hydrogens is 313 g/mol. The fraction of sp³-hybridized carbons (Fsp3) is 0.538. The van der Waals surface area contributed by atoms with Crippen molar-refractivity contribution in [1.29, 1.82) is 0 Å². The fourth-order valence-electron chi connectivity index (χ4n) is 2.05. The van der Waals surface area contributed by atoms with Gasteiger partial charge in [0, 0.05) is 9.61 Å². The maximum atomic E-state index is 5.74. The number of benzene rings is 1. The van der Waals surface area contributed by atoms with Crippen molar-refractivity contribution in [2.45, 2.75) is 31.7 Å². The van der Waals surface area contributed by atoms with E-state index in [0.29, 0.717) is 6.04 Å². The molecule has 0 aliphatic carbocycles. The lowest BCUT2D eigenvalue weighted by Crippen LogP contribution is -2.35. The van der Waals surface area contributed by atoms with E-state index in [1.807, 2.05) is 12.1 Å². The fourth-order valence-corrected chi connectivity index (χ4v) is 2.56. The summed E-state index contributed by atoms with van der Waals surface area (Å²) in [6, 6.07) is 8.88. The molecule has 3 heteroatoms. The van der Waals surface area contributed by atoms with Crippen molar-refractivity contribution in [2.24, 2.45) is 0 Å². The number of hydrogen-bond acceptors (Lipinski definition) is 2. The van der Waals surface area contributed by atoms with E-state index in [4.69, 9.17) is 4.74 Å². The van der Waals surface area contributed by atoms with Crippen molar-refractivity contribution in [3.63, 3.8) is 0 Å². The van der Waals surface area contributed by atoms with E-state index in [1.54, 1.807) is 0 Å². The van der Waals surface area contributed by atoms with Gasteiger partial charge in [0.2, 0.25) is 0 Å². The summed E-state index contributed by atoms with van der Waals surface area (Å²) in [5, 5.41) is 3.54. The normalized spacial score (nSPS) is 20.7. The lowest BCUT2D eigenvalue weighted by Gasteiger charge is -2.23. The molecule has 0 aromatic heterocycles. The van der Waals surface area contributed by atoms with Crippen LogP contribution in [0.15, 0.2) is 24.3 Å². The minimum Gasteiger partial charge on any atom is -0.493 e. The molecule has 1 heterocycles. The molecule has 0 bridgehead atoms. The molecule has 1 atom stereocenters. The second-order valence-corrected chi connectivity index (χ2v) is 5.49. The van der Waals surface area contributed by atoms with Gasteiger partial charge in [-0.25, -0.2) is 0 Å². The minimum atomic E-state index is 0.663. The van der Waals surface area contributed by atoms with Crippen LogP contribution in [-0.2, 0) is 0 Å². The van der Waals surface area contributed by atoms with Gasteiger partial charge in [-0.1, -0.05) is 12.5 Å². The van der Waals surface area contributed by atoms with Gasteiger partial charge in [0.1, 0.15) is 5.75 Å². The molecule has 2 nitrogen and oxygen atoms in total. The first-order valence-corrected chi connectivity index (χ1v) is 7.04. The number of hydrogen-bond donors (Lipinski definition) is 1. The number of ether oxygens (including phenoxy) is 1. The van der Waals surface area contributed by atoms with Gasteiger partial charge in [-0.2, -0.15) is 0 Å². The summed E-state index contributed by atoms with van der Waals surface area (Å²) in [6.07, 6.45) is 5.11. The quantitative estimate of drug-likeness (QED) is 0.856. The highest BCUT2D eigenvalue weighted by Crippen LogP contribution is 2.16. The molecule has 1 N–H and O–H groups in total. The maximum absolute atomic E-state index is 5.74. The van der Waals surface area contributed by atoms with E-state index in [2.05, 4.69) is 40.0 Å². The molecule has 1 saturated heterocycles. The van der Waals surface area contributed by atoms with Crippen molar-refractivity contribution in [3.8, 4) is 5.75 Å². The Morgan fingerprint density at radius 2 is 2.31 bits per heavy atom. The maximum Gasteiger partial charge on any atom is 0.120 e. The third kappa shape index (κ3) is 3.94. The van der Waals surface area contributed by atoms with Crippen LogP contribution in [0.1, 0.15) is 25.7 Å². The van der Waals surface area contributed by atoms with Gasteiger partial charge in [-0.05, 0) is 66.6 Å². The summed E-state index contributed by atoms with van der Waals surface area (Å²) in [5.41, 5.74) is 0. The second-order valence-electron chi connectivity index (χ2n) is 4.24. The second kappa shape index (κ2) is 6.45. The predicted octanol–water partition coefficient (Wildman–Crippen LogP) is 3.20. The molecule has 1 aromatic rings. The molecule has 2 rings (SSSR count). The van der Waals surface area contributed by atoms with Gasteiger partial charge in [0.15, 0.2) is 0 Å². The molecule has 1 aromatic carbocycles. The molecule has 0 saturated carbocycles. The van der Waals surface area contributed by atoms with Crippen LogP contribution in [0.5, 0.6) is 5.75 Å². The van der Waals surface area contributed by atoms with Gasteiger partial charge in [-0.15, -0.1) is 0 Å². The average Bonchev–Trinajstić information content (AvgIpc) is 2.30. The third-order valence-corrected chi connectivity index (χ3v) is 3.61. The van der Waals surface area contributed by atoms with Gasteiger partial charge in [0.05, 0.1) is 6.61 Å². The standard InChI is InChI=1S/C13H18INO/c14-11-4-3-6-13(10-11)16-9-7-12-5-1-2-8-15-12/h3-4,6,10,12,15H,1-2,5,7-9H2. The molecule has 1 fully saturated rings. The Hall–Kier alpha value is -0.290. The number of piperidine rings is 1. The first-order valence-electron chi connectivity index (χ1n) is 5.96. The van der Waals surface area contributed by atoms with Crippen LogP contribution in [0.4, 0.5) is 0 Å². The SMILES string of the molecule is Ic1cccc(OCCC2CCCCN2)c1. The lowest BCUT2D eigenvalue weighted by molar-refractivity contribution is 0.268. The Kier molecular flexibility index (Phi) is 4.91. The molecule has 16 heavy (non-hydrogen) atoms. The Balaban J connectivity index is 1.71. The summed E-state index contributed by atoms with van der Waals surface area (Å²) in [4.78, 5) is 0. The van der Waals surface area contributed by atoms with Gasteiger partial charge in [-0.3, -0.25) is 0 Å². The van der Waals surface area contributed by atoms with Crippen molar-refractivity contribution in [1.82, 2.24) is 5.32 Å². The van der Waals surface area contributed by atoms with E-state index >= 15 is 0 Å². The van der Waals surface area contributed by atoms with Crippen LogP contribution >= 0.6 is 22.6 Å². The van der Waals surface area contributed by atoms with E-state index < -0.39 is 0 Å². The largest absolute Gasteiger partial charge is 0.493 e. The van der Waals surface area contributed by atoms with E-state index in [1.165, 1.54) is 29.4 Å². The number of rotatable bonds is 4. The van der Waals surface area contributed by atoms with Crippen LogP contribution in [0.25, 0.3) is 0 Å². The van der Waals surface area contributed by atoms with Crippen LogP contribution in [-0.4, -0.2) is 19.2 Å². The van der Waals surface area contributed by atoms with Gasteiger partial charge >= 0.3 is 0 Å². The summed E-state index contributed by atoms with van der Waals surface area (Å²) in [6.45, 7) is 1.99. The van der Waals surface area contributed by atoms with Crippen LogP contribution in [0.2, 0.25) is 0 Å². The Morgan fingerprint density at radius 3 is 3.06 bits per heavy atom. The monoisotopic (exact) mass is 331 g/mol. The molecule has 0 radical (unpaired) electrons. The Bertz CT molecular complexity index is 323. The number of nitrogens with one attached hydrogen (secondary N) is 1. The molecule has 0 spiro atoms. The van der Waals surface area contributed by atoms with Gasteiger partial charge in [0.25, 0.3) is 0 Å². The van der Waals surface area contributed by atoms with Crippen LogP contribution in [0.3, 0.4) is 0 Å². The smallest absolute Gasteiger partial charge is 0.120 e. The highest BCUT2D eigenvalue weighted by atomic mass is 127. The zero-order valence-electron chi connectivity index (χ0n) is 9.42. The van der Waals surface area contributed by atoms with E-state index in [9.17, 15) is 0 Å². The molecule has 88 valence electrons. The van der Waals surface area contributed by atoms with Crippen molar-refractivity contribution in [2.75, 3.05) is 13.2 Å². The Labute approximate surface area is 111 Å². The zero-order valence-corrected chi connectivity index (χ0v) is 11.6. The van der Waals surface area contributed by atoms with Crippen molar-refractivity contribution < 1.29 is 4.74 Å². The van der Waals surface area contributed by atoms with E-state index in [0.717, 1.165) is 18.8 Å². The summed E-state index contributed by atoms with van der Waals surface area (Å²) >= 11 is 2.31. The van der Waals surface area contributed by atoms with Gasteiger partial charge < -0.3 is 10.1 Å². The molecule has 1 unspecified atom stereocenters.